The van der Waals surface area contributed by atoms with Gasteiger partial charge in [0, 0.05) is 23.2 Å². The van der Waals surface area contributed by atoms with E-state index in [1.54, 1.807) is 36.5 Å². The van der Waals surface area contributed by atoms with Gasteiger partial charge in [-0.25, -0.2) is 4.39 Å². The summed E-state index contributed by atoms with van der Waals surface area (Å²) in [7, 11) is 0. The van der Waals surface area contributed by atoms with Crippen LogP contribution in [0, 0.1) is 5.82 Å². The highest BCUT2D eigenvalue weighted by molar-refractivity contribution is 6.30. The van der Waals surface area contributed by atoms with Crippen LogP contribution >= 0.6 is 11.6 Å². The van der Waals surface area contributed by atoms with Crippen LogP contribution in [-0.2, 0) is 6.54 Å². The fraction of sp³-hybridized carbons (Fsp3) is 0.0476. The normalized spacial score (nSPS) is 12.4. The Hall–Kier alpha value is -3.18. The van der Waals surface area contributed by atoms with Crippen LogP contribution in [-0.4, -0.2) is 15.0 Å². The lowest BCUT2D eigenvalue weighted by atomic mass is 10.1. The number of hydrogen-bond donors (Lipinski definition) is 0. The highest BCUT2D eigenvalue weighted by Crippen LogP contribution is 2.33. The smallest absolute Gasteiger partial charge is 0.268 e. The number of halogens is 2. The van der Waals surface area contributed by atoms with Crippen LogP contribution in [0.4, 0.5) is 4.39 Å². The maximum atomic E-state index is 13.8. The zero-order valence-corrected chi connectivity index (χ0v) is 14.7. The summed E-state index contributed by atoms with van der Waals surface area (Å²) in [5.41, 5.74) is 2.39. The number of rotatable bonds is 2. The Balaban J connectivity index is 1.87. The van der Waals surface area contributed by atoms with Crippen molar-refractivity contribution in [2.45, 2.75) is 6.54 Å². The molecule has 0 saturated heterocycles. The van der Waals surface area contributed by atoms with Gasteiger partial charge in [0.25, 0.3) is 5.91 Å². The molecule has 2 aromatic carbocycles. The number of pyridine rings is 1. The van der Waals surface area contributed by atoms with Gasteiger partial charge in [-0.1, -0.05) is 23.7 Å². The molecule has 0 fully saturated rings. The van der Waals surface area contributed by atoms with Gasteiger partial charge < -0.3 is 4.57 Å². The van der Waals surface area contributed by atoms with Crippen molar-refractivity contribution in [2.75, 3.05) is 0 Å². The maximum absolute atomic E-state index is 13.8. The highest BCUT2D eigenvalue weighted by atomic mass is 35.5. The Kier molecular flexibility index (Phi) is 3.36. The Morgan fingerprint density at radius 2 is 1.78 bits per heavy atom. The molecule has 0 spiro atoms. The van der Waals surface area contributed by atoms with E-state index >= 15 is 0 Å². The molecule has 27 heavy (non-hydrogen) atoms. The number of nitrogens with zero attached hydrogens (tertiary/aromatic N) is 2. The standard InChI is InChI=1S/C21H12ClFN2O2/c22-13-5-3-12(4-6-13)11-25-16-8-7-14(23)10-15(16)20(26)18-19(25)17-2-1-9-24(17)21(18)27/h1-10H,11H2. The lowest BCUT2D eigenvalue weighted by Crippen LogP contribution is -2.20. The van der Waals surface area contributed by atoms with Crippen molar-refractivity contribution < 1.29 is 9.18 Å². The number of hydrogen-bond acceptors (Lipinski definition) is 2. The SMILES string of the molecule is O=C1c2c(n(Cc3ccc(Cl)cc3)c3ccc(F)cc3c2=O)-c2cccn21. The van der Waals surface area contributed by atoms with Crippen LogP contribution in [0.3, 0.4) is 0 Å². The lowest BCUT2D eigenvalue weighted by Gasteiger charge is -2.16. The van der Waals surface area contributed by atoms with Crippen molar-refractivity contribution in [3.63, 3.8) is 0 Å². The molecule has 1 aliphatic heterocycles. The van der Waals surface area contributed by atoms with Crippen LogP contribution in [0.5, 0.6) is 0 Å². The molecular formula is C21H12ClFN2O2. The average Bonchev–Trinajstić information content (AvgIpc) is 3.23. The summed E-state index contributed by atoms with van der Waals surface area (Å²) < 4.78 is 17.2. The van der Waals surface area contributed by atoms with Crippen molar-refractivity contribution in [1.29, 1.82) is 0 Å². The molecule has 0 radical (unpaired) electrons. The van der Waals surface area contributed by atoms with Crippen molar-refractivity contribution in [3.8, 4) is 11.4 Å². The second-order valence-electron chi connectivity index (χ2n) is 6.50. The van der Waals surface area contributed by atoms with Gasteiger partial charge in [-0.2, -0.15) is 0 Å². The van der Waals surface area contributed by atoms with E-state index in [2.05, 4.69) is 0 Å². The fourth-order valence-electron chi connectivity index (χ4n) is 3.70. The predicted molar refractivity (Wildman–Crippen MR) is 102 cm³/mol. The van der Waals surface area contributed by atoms with Crippen LogP contribution in [0.15, 0.2) is 65.6 Å². The number of carbonyl (C=O) groups excluding carboxylic acids is 1. The first-order chi connectivity index (χ1) is 13.0. The minimum absolute atomic E-state index is 0.0812. The molecule has 0 saturated carbocycles. The quantitative estimate of drug-likeness (QED) is 0.459. The van der Waals surface area contributed by atoms with Crippen LogP contribution in [0.1, 0.15) is 15.9 Å². The third-order valence-corrected chi connectivity index (χ3v) is 5.16. The largest absolute Gasteiger partial charge is 0.334 e. The first-order valence-corrected chi connectivity index (χ1v) is 8.75. The molecule has 132 valence electrons. The van der Waals surface area contributed by atoms with Gasteiger partial charge in [-0.3, -0.25) is 14.2 Å². The lowest BCUT2D eigenvalue weighted by molar-refractivity contribution is 0.0968. The summed E-state index contributed by atoms with van der Waals surface area (Å²) in [6, 6.07) is 15.0. The van der Waals surface area contributed by atoms with Crippen molar-refractivity contribution in [1.82, 2.24) is 9.13 Å². The molecule has 0 unspecified atom stereocenters. The van der Waals surface area contributed by atoms with Crippen molar-refractivity contribution >= 4 is 28.4 Å². The molecule has 0 amide bonds. The van der Waals surface area contributed by atoms with Gasteiger partial charge in [-0.05, 0) is 48.0 Å². The first-order valence-electron chi connectivity index (χ1n) is 8.37. The molecule has 6 heteroatoms. The molecule has 1 aliphatic rings. The van der Waals surface area contributed by atoms with Crippen molar-refractivity contribution in [2.24, 2.45) is 0 Å². The molecule has 5 rings (SSSR count). The highest BCUT2D eigenvalue weighted by Gasteiger charge is 2.32. The average molecular weight is 379 g/mol. The van der Waals surface area contributed by atoms with Crippen LogP contribution < -0.4 is 5.43 Å². The minimum Gasteiger partial charge on any atom is -0.334 e. The van der Waals surface area contributed by atoms with E-state index < -0.39 is 11.2 Å². The van der Waals surface area contributed by atoms with Crippen molar-refractivity contribution in [3.05, 3.63) is 93.0 Å². The zero-order chi connectivity index (χ0) is 18.7. The van der Waals surface area contributed by atoms with Gasteiger partial charge >= 0.3 is 0 Å². The number of carbonyl (C=O) groups is 1. The summed E-state index contributed by atoms with van der Waals surface area (Å²) >= 11 is 5.98. The monoisotopic (exact) mass is 378 g/mol. The predicted octanol–water partition coefficient (Wildman–Crippen LogP) is 4.31. The summed E-state index contributed by atoms with van der Waals surface area (Å²) in [5, 5.41) is 0.821. The Labute approximate surface area is 158 Å². The molecule has 4 aromatic rings. The van der Waals surface area contributed by atoms with E-state index in [4.69, 9.17) is 11.6 Å². The third kappa shape index (κ3) is 2.28. The Morgan fingerprint density at radius 1 is 1.00 bits per heavy atom. The van der Waals surface area contributed by atoms with E-state index in [-0.39, 0.29) is 16.9 Å². The third-order valence-electron chi connectivity index (χ3n) is 4.91. The van der Waals surface area contributed by atoms with Gasteiger partial charge in [0.05, 0.1) is 16.9 Å². The molecule has 0 aliphatic carbocycles. The van der Waals surface area contributed by atoms with Crippen LogP contribution in [0.2, 0.25) is 5.02 Å². The molecular weight excluding hydrogens is 367 g/mol. The number of fused-ring (bicyclic) bond motifs is 4. The molecule has 4 nitrogen and oxygen atoms in total. The minimum atomic E-state index is -0.511. The Morgan fingerprint density at radius 3 is 2.56 bits per heavy atom. The summed E-state index contributed by atoms with van der Waals surface area (Å²) in [6.45, 7) is 0.417. The van der Waals surface area contributed by atoms with E-state index in [0.29, 0.717) is 28.5 Å². The summed E-state index contributed by atoms with van der Waals surface area (Å²) in [5.74, 6) is -0.895. The number of aromatic nitrogens is 2. The fourth-order valence-corrected chi connectivity index (χ4v) is 3.82. The molecule has 0 atom stereocenters. The second kappa shape index (κ2) is 5.66. The molecule has 3 heterocycles. The summed E-state index contributed by atoms with van der Waals surface area (Å²) in [4.78, 5) is 25.8. The van der Waals surface area contributed by atoms with E-state index in [1.165, 1.54) is 16.7 Å². The van der Waals surface area contributed by atoms with Gasteiger partial charge in [0.15, 0.2) is 0 Å². The van der Waals surface area contributed by atoms with Gasteiger partial charge in [-0.15, -0.1) is 0 Å². The first kappa shape index (κ1) is 16.0. The number of benzene rings is 2. The topological polar surface area (TPSA) is 44.0 Å². The van der Waals surface area contributed by atoms with E-state index in [1.807, 2.05) is 16.7 Å². The molecule has 2 aromatic heterocycles. The van der Waals surface area contributed by atoms with Gasteiger partial charge in [0.2, 0.25) is 5.43 Å². The van der Waals surface area contributed by atoms with E-state index in [0.717, 1.165) is 5.56 Å². The van der Waals surface area contributed by atoms with Gasteiger partial charge in [0.1, 0.15) is 11.4 Å². The Bertz CT molecular complexity index is 1300. The summed E-state index contributed by atoms with van der Waals surface area (Å²) in [6.07, 6.45) is 1.63. The second-order valence-corrected chi connectivity index (χ2v) is 6.93. The van der Waals surface area contributed by atoms with E-state index in [9.17, 15) is 14.0 Å². The molecule has 0 N–H and O–H groups in total. The zero-order valence-electron chi connectivity index (χ0n) is 13.9. The van der Waals surface area contributed by atoms with Crippen LogP contribution in [0.25, 0.3) is 22.3 Å². The maximum Gasteiger partial charge on any atom is 0.268 e. The molecule has 0 bridgehead atoms.